The second kappa shape index (κ2) is 7.89. The number of carbonyl (C=O) groups is 1. The number of aryl methyl sites for hydroxylation is 1. The Labute approximate surface area is 180 Å². The van der Waals surface area contributed by atoms with Gasteiger partial charge in [-0.1, -0.05) is 24.3 Å². The highest BCUT2D eigenvalue weighted by Gasteiger charge is 2.35. The van der Waals surface area contributed by atoms with Gasteiger partial charge in [0.1, 0.15) is 24.0 Å². The van der Waals surface area contributed by atoms with E-state index in [1.807, 2.05) is 55.6 Å². The number of nitrogens with zero attached hydrogens (tertiary/aromatic N) is 2. The lowest BCUT2D eigenvalue weighted by Gasteiger charge is -2.30. The number of methoxy groups -OCH3 is 1. The predicted molar refractivity (Wildman–Crippen MR) is 116 cm³/mol. The summed E-state index contributed by atoms with van der Waals surface area (Å²) in [5.41, 5.74) is 4.25. The average molecular weight is 414 g/mol. The van der Waals surface area contributed by atoms with E-state index in [2.05, 4.69) is 9.88 Å². The van der Waals surface area contributed by atoms with Gasteiger partial charge in [-0.3, -0.25) is 14.7 Å². The van der Waals surface area contributed by atoms with Crippen LogP contribution in [0.1, 0.15) is 32.6 Å². The number of rotatable bonds is 4. The fourth-order valence-corrected chi connectivity index (χ4v) is 4.05. The molecule has 0 amide bonds. The Balaban J connectivity index is 1.48. The summed E-state index contributed by atoms with van der Waals surface area (Å²) < 4.78 is 17.6. The molecule has 0 N–H and O–H groups in total. The number of ether oxygens (including phenoxy) is 3. The van der Waals surface area contributed by atoms with Crippen molar-refractivity contribution < 1.29 is 19.0 Å². The minimum Gasteiger partial charge on any atom is -0.496 e. The van der Waals surface area contributed by atoms with Gasteiger partial charge in [0, 0.05) is 31.0 Å². The van der Waals surface area contributed by atoms with Crippen LogP contribution in [0.3, 0.4) is 0 Å². The summed E-state index contributed by atoms with van der Waals surface area (Å²) in [6.07, 6.45) is 5.35. The fraction of sp³-hybridized carbons (Fsp3) is 0.200. The maximum absolute atomic E-state index is 13.2. The molecule has 2 aromatic carbocycles. The van der Waals surface area contributed by atoms with E-state index in [1.165, 1.54) is 0 Å². The maximum Gasteiger partial charge on any atom is 0.232 e. The van der Waals surface area contributed by atoms with Crippen molar-refractivity contribution in [1.82, 2.24) is 9.88 Å². The van der Waals surface area contributed by atoms with Gasteiger partial charge in [0.2, 0.25) is 5.78 Å². The molecule has 0 atom stereocenters. The van der Waals surface area contributed by atoms with Crippen LogP contribution in [0.2, 0.25) is 0 Å². The molecule has 1 aromatic heterocycles. The Hall–Kier alpha value is -3.64. The van der Waals surface area contributed by atoms with Crippen molar-refractivity contribution in [2.75, 3.05) is 13.8 Å². The van der Waals surface area contributed by atoms with Crippen LogP contribution in [-0.2, 0) is 13.1 Å². The van der Waals surface area contributed by atoms with Crippen LogP contribution in [0.25, 0.3) is 6.08 Å². The molecule has 6 heteroatoms. The number of ketones is 1. The number of hydrogen-bond acceptors (Lipinski definition) is 6. The number of carbonyl (C=O) groups excluding carboxylic acids is 1. The highest BCUT2D eigenvalue weighted by molar-refractivity contribution is 6.16. The van der Waals surface area contributed by atoms with Gasteiger partial charge in [0.15, 0.2) is 5.76 Å². The lowest BCUT2D eigenvalue weighted by molar-refractivity contribution is 0.0871. The van der Waals surface area contributed by atoms with Crippen molar-refractivity contribution in [3.8, 4) is 17.2 Å². The molecule has 0 bridgehead atoms. The van der Waals surface area contributed by atoms with Gasteiger partial charge < -0.3 is 14.2 Å². The molecule has 0 radical (unpaired) electrons. The Morgan fingerprint density at radius 3 is 2.90 bits per heavy atom. The average Bonchev–Trinajstić information content (AvgIpc) is 3.12. The summed E-state index contributed by atoms with van der Waals surface area (Å²) in [5, 5.41) is 0. The number of allylic oxidation sites excluding steroid dienone is 1. The maximum atomic E-state index is 13.2. The van der Waals surface area contributed by atoms with Gasteiger partial charge in [-0.15, -0.1) is 0 Å². The molecule has 3 heterocycles. The van der Waals surface area contributed by atoms with Crippen LogP contribution in [0, 0.1) is 6.92 Å². The molecule has 6 nitrogen and oxygen atoms in total. The van der Waals surface area contributed by atoms with E-state index in [-0.39, 0.29) is 5.78 Å². The molecule has 0 aliphatic carbocycles. The summed E-state index contributed by atoms with van der Waals surface area (Å²) in [7, 11) is 1.61. The lowest BCUT2D eigenvalue weighted by atomic mass is 9.98. The number of fused-ring (bicyclic) bond motifs is 3. The number of benzene rings is 2. The van der Waals surface area contributed by atoms with E-state index in [1.54, 1.807) is 19.4 Å². The van der Waals surface area contributed by atoms with Crippen molar-refractivity contribution in [3.05, 3.63) is 88.4 Å². The second-order valence-corrected chi connectivity index (χ2v) is 7.68. The van der Waals surface area contributed by atoms with E-state index in [4.69, 9.17) is 14.2 Å². The van der Waals surface area contributed by atoms with Gasteiger partial charge >= 0.3 is 0 Å². The number of para-hydroxylation sites is 1. The van der Waals surface area contributed by atoms with E-state index in [9.17, 15) is 4.79 Å². The summed E-state index contributed by atoms with van der Waals surface area (Å²) in [4.78, 5) is 19.5. The summed E-state index contributed by atoms with van der Waals surface area (Å²) in [6, 6.07) is 13.4. The van der Waals surface area contributed by atoms with Crippen molar-refractivity contribution >= 4 is 11.9 Å². The number of Topliss-reactive ketones (excluding diaryl/α,β-unsaturated/α-hetero) is 1. The van der Waals surface area contributed by atoms with Crippen LogP contribution in [0.15, 0.2) is 60.6 Å². The number of hydrogen-bond donors (Lipinski definition) is 0. The zero-order valence-electron chi connectivity index (χ0n) is 17.4. The monoisotopic (exact) mass is 414 g/mol. The molecule has 0 unspecified atom stereocenters. The third-order valence-electron chi connectivity index (χ3n) is 5.54. The van der Waals surface area contributed by atoms with Gasteiger partial charge in [-0.2, -0.15) is 0 Å². The molecule has 2 aliphatic rings. The quantitative estimate of drug-likeness (QED) is 0.591. The molecule has 2 aliphatic heterocycles. The molecule has 156 valence electrons. The molecular formula is C25H22N2O4. The molecule has 31 heavy (non-hydrogen) atoms. The molecule has 0 spiro atoms. The minimum absolute atomic E-state index is 0.120. The van der Waals surface area contributed by atoms with Crippen LogP contribution < -0.4 is 14.2 Å². The van der Waals surface area contributed by atoms with E-state index in [0.29, 0.717) is 42.6 Å². The SMILES string of the molecule is COc1ccccc1/C=C1\Oc2c3c(cc(C)c2C1=O)OCN(Cc1cccnc1)C3. The zero-order valence-corrected chi connectivity index (χ0v) is 17.4. The normalized spacial score (nSPS) is 16.5. The summed E-state index contributed by atoms with van der Waals surface area (Å²) in [5.74, 6) is 2.22. The topological polar surface area (TPSA) is 60.9 Å². The smallest absolute Gasteiger partial charge is 0.232 e. The van der Waals surface area contributed by atoms with Crippen LogP contribution in [0.5, 0.6) is 17.2 Å². The van der Waals surface area contributed by atoms with Crippen molar-refractivity contribution in [1.29, 1.82) is 0 Å². The second-order valence-electron chi connectivity index (χ2n) is 7.68. The van der Waals surface area contributed by atoms with Crippen LogP contribution in [-0.4, -0.2) is 29.5 Å². The first-order chi connectivity index (χ1) is 15.1. The first kappa shape index (κ1) is 19.3. The van der Waals surface area contributed by atoms with Gasteiger partial charge in [-0.05, 0) is 42.3 Å². The Kier molecular flexibility index (Phi) is 4.92. The molecule has 0 saturated heterocycles. The van der Waals surface area contributed by atoms with Crippen molar-refractivity contribution in [3.63, 3.8) is 0 Å². The Morgan fingerprint density at radius 2 is 2.10 bits per heavy atom. The van der Waals surface area contributed by atoms with Gasteiger partial charge in [-0.25, -0.2) is 0 Å². The van der Waals surface area contributed by atoms with E-state index < -0.39 is 0 Å². The summed E-state index contributed by atoms with van der Waals surface area (Å²) in [6.45, 7) is 3.71. The van der Waals surface area contributed by atoms with Crippen molar-refractivity contribution in [2.45, 2.75) is 20.0 Å². The molecule has 0 saturated carbocycles. The van der Waals surface area contributed by atoms with Gasteiger partial charge in [0.05, 0.1) is 18.2 Å². The third kappa shape index (κ3) is 3.55. The molecule has 5 rings (SSSR count). The molecular weight excluding hydrogens is 392 g/mol. The van der Waals surface area contributed by atoms with Crippen molar-refractivity contribution in [2.24, 2.45) is 0 Å². The standard InChI is InChI=1S/C25H22N2O4/c1-16-10-21-19(14-27(15-30-21)13-17-6-5-9-26-12-17)25-23(16)24(28)22(31-25)11-18-7-3-4-8-20(18)29-2/h3-12H,13-15H2,1-2H3/b22-11-. The Morgan fingerprint density at radius 1 is 1.23 bits per heavy atom. The minimum atomic E-state index is -0.120. The largest absolute Gasteiger partial charge is 0.496 e. The number of aromatic nitrogens is 1. The fourth-order valence-electron chi connectivity index (χ4n) is 4.05. The predicted octanol–water partition coefficient (Wildman–Crippen LogP) is 4.37. The van der Waals surface area contributed by atoms with Crippen LogP contribution >= 0.6 is 0 Å². The Bertz CT molecular complexity index is 1190. The van der Waals surface area contributed by atoms with E-state index in [0.717, 1.165) is 28.0 Å². The lowest BCUT2D eigenvalue weighted by Crippen LogP contribution is -2.31. The first-order valence-corrected chi connectivity index (χ1v) is 10.1. The third-order valence-corrected chi connectivity index (χ3v) is 5.54. The molecule has 3 aromatic rings. The van der Waals surface area contributed by atoms with Crippen LogP contribution in [0.4, 0.5) is 0 Å². The summed E-state index contributed by atoms with van der Waals surface area (Å²) >= 11 is 0. The van der Waals surface area contributed by atoms with E-state index >= 15 is 0 Å². The highest BCUT2D eigenvalue weighted by Crippen LogP contribution is 2.44. The first-order valence-electron chi connectivity index (χ1n) is 10.1. The number of pyridine rings is 1. The zero-order chi connectivity index (χ0) is 21.4. The van der Waals surface area contributed by atoms with Gasteiger partial charge in [0.25, 0.3) is 0 Å². The highest BCUT2D eigenvalue weighted by atomic mass is 16.5. The molecule has 0 fully saturated rings.